The quantitative estimate of drug-likeness (QED) is 0.773. The second-order valence-corrected chi connectivity index (χ2v) is 4.39. The molecule has 2 aromatic carbocycles. The predicted molar refractivity (Wildman–Crippen MR) is 69.6 cm³/mol. The van der Waals surface area contributed by atoms with E-state index in [1.807, 2.05) is 0 Å². The number of phenols is 2. The molecule has 3 N–H and O–H groups in total. The van der Waals surface area contributed by atoms with Crippen LogP contribution in [0, 0.1) is 0 Å². The Balaban J connectivity index is 1.94. The van der Waals surface area contributed by atoms with Crippen molar-refractivity contribution in [1.82, 2.24) is 0 Å². The van der Waals surface area contributed by atoms with E-state index < -0.39 is 6.10 Å². The Kier molecular flexibility index (Phi) is 3.85. The van der Waals surface area contributed by atoms with Crippen LogP contribution in [0.4, 0.5) is 0 Å². The number of hydrogen-bond acceptors (Lipinski definition) is 3. The van der Waals surface area contributed by atoms with Crippen molar-refractivity contribution in [2.75, 3.05) is 0 Å². The van der Waals surface area contributed by atoms with Gasteiger partial charge in [0, 0.05) is 0 Å². The van der Waals surface area contributed by atoms with E-state index in [9.17, 15) is 5.11 Å². The van der Waals surface area contributed by atoms with E-state index in [1.165, 1.54) is 0 Å². The standard InChI is InChI=1S/C15H16O3/c16-13-5-1-11(2-6-13)9-15(18)10-12-3-7-14(17)8-4-12/h1-8,15-18H,9-10H2. The van der Waals surface area contributed by atoms with Gasteiger partial charge < -0.3 is 15.3 Å². The molecule has 0 saturated carbocycles. The van der Waals surface area contributed by atoms with Gasteiger partial charge in [-0.3, -0.25) is 0 Å². The lowest BCUT2D eigenvalue weighted by Gasteiger charge is -2.11. The Morgan fingerprint density at radius 3 is 1.33 bits per heavy atom. The summed E-state index contributed by atoms with van der Waals surface area (Å²) < 4.78 is 0. The Morgan fingerprint density at radius 2 is 1.00 bits per heavy atom. The normalized spacial score (nSPS) is 10.8. The first-order valence-electron chi connectivity index (χ1n) is 5.87. The Morgan fingerprint density at radius 1 is 0.667 bits per heavy atom. The van der Waals surface area contributed by atoms with Gasteiger partial charge in [0.05, 0.1) is 6.10 Å². The molecule has 0 bridgehead atoms. The molecule has 0 unspecified atom stereocenters. The van der Waals surface area contributed by atoms with E-state index in [0.29, 0.717) is 12.8 Å². The van der Waals surface area contributed by atoms with Crippen LogP contribution in [0.3, 0.4) is 0 Å². The van der Waals surface area contributed by atoms with Crippen LogP contribution in [0.2, 0.25) is 0 Å². The molecule has 0 radical (unpaired) electrons. The van der Waals surface area contributed by atoms with Crippen molar-refractivity contribution in [2.24, 2.45) is 0 Å². The van der Waals surface area contributed by atoms with Crippen molar-refractivity contribution >= 4 is 0 Å². The lowest BCUT2D eigenvalue weighted by Crippen LogP contribution is -2.13. The van der Waals surface area contributed by atoms with Crippen LogP contribution < -0.4 is 0 Å². The molecule has 0 aromatic heterocycles. The molecule has 2 rings (SSSR count). The number of benzene rings is 2. The largest absolute Gasteiger partial charge is 0.508 e. The van der Waals surface area contributed by atoms with E-state index in [4.69, 9.17) is 10.2 Å². The Labute approximate surface area is 106 Å². The molecule has 0 aliphatic rings. The van der Waals surface area contributed by atoms with Crippen LogP contribution in [0.1, 0.15) is 11.1 Å². The summed E-state index contributed by atoms with van der Waals surface area (Å²) in [7, 11) is 0. The third kappa shape index (κ3) is 3.50. The molecular weight excluding hydrogens is 228 g/mol. The number of phenolic OH excluding ortho intramolecular Hbond substituents is 2. The summed E-state index contributed by atoms with van der Waals surface area (Å²) in [5.41, 5.74) is 1.97. The molecule has 18 heavy (non-hydrogen) atoms. The van der Waals surface area contributed by atoms with Crippen molar-refractivity contribution in [3.05, 3.63) is 59.7 Å². The number of hydrogen-bond donors (Lipinski definition) is 3. The Bertz CT molecular complexity index is 441. The molecule has 0 aliphatic heterocycles. The zero-order valence-corrected chi connectivity index (χ0v) is 9.95. The summed E-state index contributed by atoms with van der Waals surface area (Å²) >= 11 is 0. The monoisotopic (exact) mass is 244 g/mol. The third-order valence-corrected chi connectivity index (χ3v) is 2.82. The molecule has 0 amide bonds. The maximum absolute atomic E-state index is 9.97. The van der Waals surface area contributed by atoms with E-state index >= 15 is 0 Å². The van der Waals surface area contributed by atoms with E-state index in [2.05, 4.69) is 0 Å². The second kappa shape index (κ2) is 5.56. The molecule has 0 saturated heterocycles. The van der Waals surface area contributed by atoms with Crippen molar-refractivity contribution in [2.45, 2.75) is 18.9 Å². The van der Waals surface area contributed by atoms with E-state index in [1.54, 1.807) is 48.5 Å². The van der Waals surface area contributed by atoms with Gasteiger partial charge in [-0.15, -0.1) is 0 Å². The van der Waals surface area contributed by atoms with Gasteiger partial charge in [-0.05, 0) is 48.2 Å². The average Bonchev–Trinajstić information content (AvgIpc) is 2.35. The van der Waals surface area contributed by atoms with Crippen molar-refractivity contribution in [1.29, 1.82) is 0 Å². The predicted octanol–water partition coefficient (Wildman–Crippen LogP) is 2.24. The van der Waals surface area contributed by atoms with Crippen LogP contribution in [0.25, 0.3) is 0 Å². The highest BCUT2D eigenvalue weighted by atomic mass is 16.3. The highest BCUT2D eigenvalue weighted by molar-refractivity contribution is 5.28. The fraction of sp³-hybridized carbons (Fsp3) is 0.200. The minimum atomic E-state index is -0.473. The lowest BCUT2D eigenvalue weighted by atomic mass is 10.0. The van der Waals surface area contributed by atoms with Crippen molar-refractivity contribution in [3.8, 4) is 11.5 Å². The molecule has 3 heteroatoms. The zero-order chi connectivity index (χ0) is 13.0. The van der Waals surface area contributed by atoms with Gasteiger partial charge in [-0.2, -0.15) is 0 Å². The number of rotatable bonds is 4. The number of aliphatic hydroxyl groups excluding tert-OH is 1. The fourth-order valence-electron chi connectivity index (χ4n) is 1.88. The van der Waals surface area contributed by atoms with Crippen LogP contribution in [0.15, 0.2) is 48.5 Å². The molecule has 0 atom stereocenters. The molecule has 94 valence electrons. The van der Waals surface area contributed by atoms with Crippen molar-refractivity contribution in [3.63, 3.8) is 0 Å². The van der Waals surface area contributed by atoms with Crippen LogP contribution in [-0.2, 0) is 12.8 Å². The summed E-state index contributed by atoms with van der Waals surface area (Å²) in [6, 6.07) is 13.7. The highest BCUT2D eigenvalue weighted by Crippen LogP contribution is 2.15. The topological polar surface area (TPSA) is 60.7 Å². The first-order valence-corrected chi connectivity index (χ1v) is 5.87. The maximum atomic E-state index is 9.97. The Hall–Kier alpha value is -2.00. The zero-order valence-electron chi connectivity index (χ0n) is 9.95. The summed E-state index contributed by atoms with van der Waals surface area (Å²) in [5, 5.41) is 28.3. The van der Waals surface area contributed by atoms with Crippen LogP contribution in [0.5, 0.6) is 11.5 Å². The van der Waals surface area contributed by atoms with Gasteiger partial charge in [0.25, 0.3) is 0 Å². The average molecular weight is 244 g/mol. The summed E-state index contributed by atoms with van der Waals surface area (Å²) in [6.07, 6.45) is 0.613. The molecule has 0 heterocycles. The minimum Gasteiger partial charge on any atom is -0.508 e. The SMILES string of the molecule is Oc1ccc(CC(O)Cc2ccc(O)cc2)cc1. The first-order chi connectivity index (χ1) is 8.63. The summed E-state index contributed by atoms with van der Waals surface area (Å²) in [4.78, 5) is 0. The minimum absolute atomic E-state index is 0.228. The second-order valence-electron chi connectivity index (χ2n) is 4.39. The van der Waals surface area contributed by atoms with Gasteiger partial charge in [0.15, 0.2) is 0 Å². The summed E-state index contributed by atoms with van der Waals surface area (Å²) in [6.45, 7) is 0. The van der Waals surface area contributed by atoms with Gasteiger partial charge >= 0.3 is 0 Å². The van der Waals surface area contributed by atoms with Gasteiger partial charge in [-0.1, -0.05) is 24.3 Å². The maximum Gasteiger partial charge on any atom is 0.115 e. The summed E-state index contributed by atoms with van der Waals surface area (Å²) in [5.74, 6) is 0.457. The molecule has 2 aromatic rings. The fourth-order valence-corrected chi connectivity index (χ4v) is 1.88. The lowest BCUT2D eigenvalue weighted by molar-refractivity contribution is 0.175. The number of aromatic hydroxyl groups is 2. The van der Waals surface area contributed by atoms with Gasteiger partial charge in [-0.25, -0.2) is 0 Å². The first kappa shape index (κ1) is 12.5. The number of aliphatic hydroxyl groups is 1. The molecule has 3 nitrogen and oxygen atoms in total. The van der Waals surface area contributed by atoms with Gasteiger partial charge in [0.2, 0.25) is 0 Å². The smallest absolute Gasteiger partial charge is 0.115 e. The highest BCUT2D eigenvalue weighted by Gasteiger charge is 2.07. The molecule has 0 aliphatic carbocycles. The van der Waals surface area contributed by atoms with Crippen molar-refractivity contribution < 1.29 is 15.3 Å². The molecule has 0 fully saturated rings. The third-order valence-electron chi connectivity index (χ3n) is 2.82. The van der Waals surface area contributed by atoms with Crippen LogP contribution in [-0.4, -0.2) is 21.4 Å². The van der Waals surface area contributed by atoms with E-state index in [0.717, 1.165) is 11.1 Å². The van der Waals surface area contributed by atoms with Gasteiger partial charge in [0.1, 0.15) is 11.5 Å². The molecular formula is C15H16O3. The van der Waals surface area contributed by atoms with Crippen LogP contribution >= 0.6 is 0 Å². The molecule has 0 spiro atoms. The van der Waals surface area contributed by atoms with E-state index in [-0.39, 0.29) is 11.5 Å².